The van der Waals surface area contributed by atoms with Crippen molar-refractivity contribution >= 4 is 23.5 Å². The minimum absolute atomic E-state index is 0.119. The van der Waals surface area contributed by atoms with Crippen LogP contribution in [-0.4, -0.2) is 22.6 Å². The van der Waals surface area contributed by atoms with Gasteiger partial charge in [0.05, 0.1) is 12.1 Å². The third-order valence-corrected chi connectivity index (χ3v) is 3.20. The molecule has 0 bridgehead atoms. The quantitative estimate of drug-likeness (QED) is 0.815. The van der Waals surface area contributed by atoms with Crippen LogP contribution in [0.5, 0.6) is 0 Å². The lowest BCUT2D eigenvalue weighted by Crippen LogP contribution is -2.09. The molecule has 1 aliphatic rings. The number of hydrogen-bond donors (Lipinski definition) is 2. The van der Waals surface area contributed by atoms with Gasteiger partial charge in [-0.2, -0.15) is 11.8 Å². The zero-order valence-corrected chi connectivity index (χ0v) is 9.01. The lowest BCUT2D eigenvalue weighted by atomic mass is 10.2. The number of anilines is 1. The van der Waals surface area contributed by atoms with Gasteiger partial charge in [0.2, 0.25) is 0 Å². The van der Waals surface area contributed by atoms with E-state index in [1.165, 1.54) is 5.56 Å². The molecule has 0 fully saturated rings. The Kier molecular flexibility index (Phi) is 3.11. The van der Waals surface area contributed by atoms with E-state index in [-0.39, 0.29) is 6.42 Å². The van der Waals surface area contributed by atoms with Crippen molar-refractivity contribution in [3.05, 3.63) is 23.4 Å². The predicted molar refractivity (Wildman–Crippen MR) is 60.0 cm³/mol. The highest BCUT2D eigenvalue weighted by Gasteiger charge is 2.12. The molecule has 0 amide bonds. The van der Waals surface area contributed by atoms with Crippen LogP contribution >= 0.6 is 11.8 Å². The Bertz CT molecular complexity index is 382. The number of pyridine rings is 1. The smallest absolute Gasteiger partial charge is 0.305 e. The van der Waals surface area contributed by atoms with Crippen LogP contribution in [0.25, 0.3) is 0 Å². The molecule has 0 radical (unpaired) electrons. The minimum Gasteiger partial charge on any atom is -0.481 e. The van der Waals surface area contributed by atoms with Gasteiger partial charge in [0, 0.05) is 18.1 Å². The third-order valence-electron chi connectivity index (χ3n) is 2.21. The number of aliphatic carboxylic acids is 1. The van der Waals surface area contributed by atoms with E-state index in [2.05, 4.69) is 16.4 Å². The molecule has 15 heavy (non-hydrogen) atoms. The molecule has 0 spiro atoms. The highest BCUT2D eigenvalue weighted by Crippen LogP contribution is 2.28. The third kappa shape index (κ3) is 2.62. The summed E-state index contributed by atoms with van der Waals surface area (Å²) in [6.45, 7) is 0.425. The summed E-state index contributed by atoms with van der Waals surface area (Å²) in [5, 5.41) is 11.5. The Hall–Kier alpha value is -1.23. The Balaban J connectivity index is 1.95. The molecule has 80 valence electrons. The van der Waals surface area contributed by atoms with Crippen molar-refractivity contribution in [1.29, 1.82) is 0 Å². The summed E-state index contributed by atoms with van der Waals surface area (Å²) in [6, 6.07) is 3.97. The molecule has 2 N–H and O–H groups in total. The summed E-state index contributed by atoms with van der Waals surface area (Å²) in [6.07, 6.45) is 0.119. The van der Waals surface area contributed by atoms with Gasteiger partial charge >= 0.3 is 5.97 Å². The summed E-state index contributed by atoms with van der Waals surface area (Å²) in [4.78, 5) is 14.7. The maximum atomic E-state index is 10.3. The molecule has 1 aromatic rings. The van der Waals surface area contributed by atoms with Gasteiger partial charge in [0.25, 0.3) is 0 Å². The molecule has 4 nitrogen and oxygen atoms in total. The van der Waals surface area contributed by atoms with Crippen molar-refractivity contribution < 1.29 is 9.90 Å². The van der Waals surface area contributed by atoms with E-state index >= 15 is 0 Å². The number of fused-ring (bicyclic) bond motifs is 1. The van der Waals surface area contributed by atoms with Gasteiger partial charge in [0.15, 0.2) is 0 Å². The monoisotopic (exact) mass is 224 g/mol. The molecule has 0 unspecified atom stereocenters. The topological polar surface area (TPSA) is 62.2 Å². The van der Waals surface area contributed by atoms with Crippen molar-refractivity contribution in [2.24, 2.45) is 0 Å². The molecule has 5 heteroatoms. The highest BCUT2D eigenvalue weighted by atomic mass is 32.2. The Labute approximate surface area is 92.1 Å². The van der Waals surface area contributed by atoms with Crippen LogP contribution in [0.1, 0.15) is 17.7 Å². The zero-order chi connectivity index (χ0) is 10.7. The van der Waals surface area contributed by atoms with Gasteiger partial charge in [0.1, 0.15) is 5.82 Å². The Morgan fingerprint density at radius 3 is 3.20 bits per heavy atom. The van der Waals surface area contributed by atoms with Gasteiger partial charge < -0.3 is 10.4 Å². The van der Waals surface area contributed by atoms with Crippen LogP contribution in [0.4, 0.5) is 5.82 Å². The number of hydrogen-bond acceptors (Lipinski definition) is 4. The summed E-state index contributed by atoms with van der Waals surface area (Å²) in [5.41, 5.74) is 2.42. The average Bonchev–Trinajstić information content (AvgIpc) is 2.64. The van der Waals surface area contributed by atoms with Crippen molar-refractivity contribution in [3.63, 3.8) is 0 Å². The molecule has 2 heterocycles. The number of nitrogens with one attached hydrogen (secondary N) is 1. The molecule has 0 aromatic carbocycles. The number of nitrogens with zero attached hydrogens (tertiary/aromatic N) is 1. The van der Waals surface area contributed by atoms with E-state index in [4.69, 9.17) is 5.11 Å². The zero-order valence-electron chi connectivity index (χ0n) is 8.19. The number of thioether (sulfide) groups is 1. The molecule has 0 saturated carbocycles. The second kappa shape index (κ2) is 4.53. The first-order valence-electron chi connectivity index (χ1n) is 4.78. The fourth-order valence-electron chi connectivity index (χ4n) is 1.44. The average molecular weight is 224 g/mol. The lowest BCUT2D eigenvalue weighted by molar-refractivity contribution is -0.136. The van der Waals surface area contributed by atoms with Crippen molar-refractivity contribution in [2.45, 2.75) is 17.9 Å². The maximum absolute atomic E-state index is 10.3. The lowest BCUT2D eigenvalue weighted by Gasteiger charge is -2.05. The second-order valence-corrected chi connectivity index (χ2v) is 4.35. The second-order valence-electron chi connectivity index (χ2n) is 3.37. The van der Waals surface area contributed by atoms with Crippen molar-refractivity contribution in [2.75, 3.05) is 11.9 Å². The fourth-order valence-corrected chi connectivity index (χ4v) is 2.47. The first kappa shape index (κ1) is 10.3. The summed E-state index contributed by atoms with van der Waals surface area (Å²) < 4.78 is 0. The number of rotatable bonds is 4. The fraction of sp³-hybridized carbons (Fsp3) is 0.400. The highest BCUT2D eigenvalue weighted by molar-refractivity contribution is 7.98. The Morgan fingerprint density at radius 1 is 1.53 bits per heavy atom. The molecular formula is C10H12N2O2S. The molecule has 1 aliphatic heterocycles. The standard InChI is InChI=1S/C10H12N2O2S/c13-10(14)3-4-11-9-2-1-7-5-15-6-8(7)12-9/h1-2H,3-6H2,(H,11,12)(H,13,14). The Morgan fingerprint density at radius 2 is 2.40 bits per heavy atom. The SMILES string of the molecule is O=C(O)CCNc1ccc2c(n1)CSC2. The number of carboxylic acid groups (broad SMARTS) is 1. The predicted octanol–water partition coefficient (Wildman–Crippen LogP) is 1.71. The molecule has 0 saturated heterocycles. The van der Waals surface area contributed by atoms with Crippen LogP contribution in [0.2, 0.25) is 0 Å². The van der Waals surface area contributed by atoms with E-state index in [0.717, 1.165) is 23.0 Å². The molecule has 2 rings (SSSR count). The van der Waals surface area contributed by atoms with Gasteiger partial charge in [-0.3, -0.25) is 4.79 Å². The van der Waals surface area contributed by atoms with Crippen LogP contribution < -0.4 is 5.32 Å². The van der Waals surface area contributed by atoms with Crippen LogP contribution in [0.15, 0.2) is 12.1 Å². The molecule has 0 atom stereocenters. The van der Waals surface area contributed by atoms with Gasteiger partial charge in [-0.05, 0) is 11.6 Å². The molecular weight excluding hydrogens is 212 g/mol. The van der Waals surface area contributed by atoms with Gasteiger partial charge in [-0.15, -0.1) is 0 Å². The normalized spacial score (nSPS) is 13.6. The largest absolute Gasteiger partial charge is 0.481 e. The van der Waals surface area contributed by atoms with E-state index in [0.29, 0.717) is 6.54 Å². The number of aromatic nitrogens is 1. The maximum Gasteiger partial charge on any atom is 0.305 e. The summed E-state index contributed by atoms with van der Waals surface area (Å²) in [7, 11) is 0. The van der Waals surface area contributed by atoms with Crippen molar-refractivity contribution in [1.82, 2.24) is 4.98 Å². The van der Waals surface area contributed by atoms with E-state index in [1.54, 1.807) is 0 Å². The first-order chi connectivity index (χ1) is 7.25. The van der Waals surface area contributed by atoms with E-state index in [1.807, 2.05) is 17.8 Å². The van der Waals surface area contributed by atoms with Gasteiger partial charge in [-0.1, -0.05) is 6.07 Å². The van der Waals surface area contributed by atoms with E-state index < -0.39 is 5.97 Å². The van der Waals surface area contributed by atoms with Gasteiger partial charge in [-0.25, -0.2) is 4.98 Å². The van der Waals surface area contributed by atoms with Crippen LogP contribution in [0, 0.1) is 0 Å². The van der Waals surface area contributed by atoms with Crippen LogP contribution in [0.3, 0.4) is 0 Å². The van der Waals surface area contributed by atoms with Crippen LogP contribution in [-0.2, 0) is 16.3 Å². The number of carbonyl (C=O) groups is 1. The minimum atomic E-state index is -0.792. The first-order valence-corrected chi connectivity index (χ1v) is 5.93. The summed E-state index contributed by atoms with van der Waals surface area (Å²) >= 11 is 1.86. The number of carboxylic acids is 1. The van der Waals surface area contributed by atoms with E-state index in [9.17, 15) is 4.79 Å². The molecule has 1 aromatic heterocycles. The molecule has 0 aliphatic carbocycles. The van der Waals surface area contributed by atoms with Crippen molar-refractivity contribution in [3.8, 4) is 0 Å². The summed E-state index contributed by atoms with van der Waals surface area (Å²) in [5.74, 6) is 1.98.